The highest BCUT2D eigenvalue weighted by molar-refractivity contribution is 5.78. The maximum atomic E-state index is 12.1. The number of hydrogen-bond acceptors (Lipinski definition) is 4. The van der Waals surface area contributed by atoms with Gasteiger partial charge in [-0.3, -0.25) is 4.79 Å². The third-order valence-corrected chi connectivity index (χ3v) is 4.20. The summed E-state index contributed by atoms with van der Waals surface area (Å²) in [6.07, 6.45) is 1.64. The molecule has 2 rings (SSSR count). The molecular weight excluding hydrogens is 282 g/mol. The first kappa shape index (κ1) is 16.8. The van der Waals surface area contributed by atoms with Gasteiger partial charge in [0.25, 0.3) is 5.91 Å². The lowest BCUT2D eigenvalue weighted by atomic mass is 9.90. The van der Waals surface area contributed by atoms with Crippen LogP contribution >= 0.6 is 0 Å². The maximum absolute atomic E-state index is 12.1. The number of para-hydroxylation sites is 1. The van der Waals surface area contributed by atoms with E-state index in [1.54, 1.807) is 7.11 Å². The Hall–Kier alpha value is -1.59. The molecule has 22 heavy (non-hydrogen) atoms. The zero-order valence-corrected chi connectivity index (χ0v) is 13.5. The van der Waals surface area contributed by atoms with Gasteiger partial charge in [-0.2, -0.15) is 0 Å². The molecule has 3 atom stereocenters. The zero-order valence-electron chi connectivity index (χ0n) is 13.5. The molecule has 0 aromatic heterocycles. The van der Waals surface area contributed by atoms with Crippen molar-refractivity contribution < 1.29 is 19.4 Å². The summed E-state index contributed by atoms with van der Waals surface area (Å²) in [5, 5.41) is 13.0. The summed E-state index contributed by atoms with van der Waals surface area (Å²) >= 11 is 0. The van der Waals surface area contributed by atoms with E-state index in [-0.39, 0.29) is 24.7 Å². The molecule has 0 unspecified atom stereocenters. The number of aliphatic hydroxyl groups excluding tert-OH is 1. The first-order valence-electron chi connectivity index (χ1n) is 7.72. The number of rotatable bonds is 5. The van der Waals surface area contributed by atoms with E-state index in [0.717, 1.165) is 36.1 Å². The molecule has 0 saturated heterocycles. The lowest BCUT2D eigenvalue weighted by Crippen LogP contribution is -2.52. The summed E-state index contributed by atoms with van der Waals surface area (Å²) in [6.45, 7) is 3.86. The second-order valence-corrected chi connectivity index (χ2v) is 5.88. The number of hydrogen-bond donors (Lipinski definition) is 2. The van der Waals surface area contributed by atoms with Gasteiger partial charge in [0.2, 0.25) is 0 Å². The minimum atomic E-state index is -0.664. The highest BCUT2D eigenvalue weighted by atomic mass is 16.5. The Balaban J connectivity index is 1.88. The maximum Gasteiger partial charge on any atom is 0.258 e. The molecule has 1 aliphatic carbocycles. The number of carbonyl (C=O) groups is 1. The van der Waals surface area contributed by atoms with E-state index in [9.17, 15) is 9.90 Å². The van der Waals surface area contributed by atoms with Crippen molar-refractivity contribution in [2.75, 3.05) is 13.7 Å². The number of benzene rings is 1. The molecule has 0 spiro atoms. The van der Waals surface area contributed by atoms with Gasteiger partial charge < -0.3 is 19.9 Å². The summed E-state index contributed by atoms with van der Waals surface area (Å²) in [4.78, 5) is 12.1. The largest absolute Gasteiger partial charge is 0.483 e. The first-order chi connectivity index (χ1) is 10.5. The molecule has 0 radical (unpaired) electrons. The molecule has 1 aromatic rings. The fourth-order valence-corrected chi connectivity index (χ4v) is 2.97. The van der Waals surface area contributed by atoms with Gasteiger partial charge in [0.15, 0.2) is 6.61 Å². The quantitative estimate of drug-likeness (QED) is 0.869. The van der Waals surface area contributed by atoms with Crippen LogP contribution in [0.5, 0.6) is 5.75 Å². The van der Waals surface area contributed by atoms with Gasteiger partial charge >= 0.3 is 0 Å². The van der Waals surface area contributed by atoms with E-state index in [4.69, 9.17) is 9.47 Å². The normalized spacial score (nSPS) is 24.8. The van der Waals surface area contributed by atoms with Crippen LogP contribution in [-0.2, 0) is 9.53 Å². The highest BCUT2D eigenvalue weighted by Gasteiger charge is 2.32. The molecule has 5 heteroatoms. The van der Waals surface area contributed by atoms with Crippen molar-refractivity contribution in [1.29, 1.82) is 0 Å². The van der Waals surface area contributed by atoms with Gasteiger partial charge in [-0.15, -0.1) is 0 Å². The number of aryl methyl sites for hydroxylation is 2. The molecule has 1 amide bonds. The fourth-order valence-electron chi connectivity index (χ4n) is 2.97. The molecule has 1 aliphatic rings. The Morgan fingerprint density at radius 2 is 2.00 bits per heavy atom. The van der Waals surface area contributed by atoms with Gasteiger partial charge in [-0.1, -0.05) is 18.2 Å². The third-order valence-electron chi connectivity index (χ3n) is 4.20. The second kappa shape index (κ2) is 7.61. The van der Waals surface area contributed by atoms with Crippen LogP contribution in [0.15, 0.2) is 18.2 Å². The predicted octanol–water partition coefficient (Wildman–Crippen LogP) is 1.73. The van der Waals surface area contributed by atoms with E-state index in [1.807, 2.05) is 32.0 Å². The topological polar surface area (TPSA) is 67.8 Å². The number of aliphatic hydroxyl groups is 1. The number of carbonyl (C=O) groups excluding carboxylic acids is 1. The number of nitrogens with one attached hydrogen (secondary N) is 1. The summed E-state index contributed by atoms with van der Waals surface area (Å²) in [5.41, 5.74) is 2.01. The van der Waals surface area contributed by atoms with E-state index < -0.39 is 6.10 Å². The molecule has 1 fully saturated rings. The fraction of sp³-hybridized carbons (Fsp3) is 0.588. The van der Waals surface area contributed by atoms with Crippen LogP contribution in [0, 0.1) is 13.8 Å². The second-order valence-electron chi connectivity index (χ2n) is 5.88. The van der Waals surface area contributed by atoms with Crippen LogP contribution in [0.25, 0.3) is 0 Å². The zero-order chi connectivity index (χ0) is 16.1. The van der Waals surface area contributed by atoms with Crippen molar-refractivity contribution in [3.63, 3.8) is 0 Å². The lowest BCUT2D eigenvalue weighted by molar-refractivity contribution is -0.126. The molecule has 5 nitrogen and oxygen atoms in total. The summed E-state index contributed by atoms with van der Waals surface area (Å²) in [7, 11) is 1.59. The Bertz CT molecular complexity index is 497. The standard InChI is InChI=1S/C17H25NO4/c1-11-6-4-7-12(2)17(11)22-10-15(19)18-13-8-5-9-14(21-3)16(13)20/h4,6-7,13-14,16,20H,5,8-10H2,1-3H3,(H,18,19)/t13-,14-,16-/m1/s1. The minimum absolute atomic E-state index is 0.0490. The van der Waals surface area contributed by atoms with Crippen molar-refractivity contribution in [2.45, 2.75) is 51.4 Å². The van der Waals surface area contributed by atoms with Crippen molar-refractivity contribution in [3.05, 3.63) is 29.3 Å². The van der Waals surface area contributed by atoms with Crippen molar-refractivity contribution in [3.8, 4) is 5.75 Å². The summed E-state index contributed by atoms with van der Waals surface area (Å²) in [6, 6.07) is 5.59. The van der Waals surface area contributed by atoms with Crippen LogP contribution in [0.3, 0.4) is 0 Å². The first-order valence-corrected chi connectivity index (χ1v) is 7.72. The number of methoxy groups -OCH3 is 1. The van der Waals surface area contributed by atoms with E-state index in [0.29, 0.717) is 0 Å². The van der Waals surface area contributed by atoms with Gasteiger partial charge in [-0.05, 0) is 44.2 Å². The molecule has 122 valence electrons. The SMILES string of the molecule is CO[C@@H]1CCC[C@@H](NC(=O)COc2c(C)cccc2C)[C@H]1O. The molecule has 0 heterocycles. The van der Waals surface area contributed by atoms with Crippen LogP contribution in [-0.4, -0.2) is 43.0 Å². The minimum Gasteiger partial charge on any atom is -0.483 e. The number of ether oxygens (including phenoxy) is 2. The van der Waals surface area contributed by atoms with Gasteiger partial charge in [0.1, 0.15) is 11.9 Å². The highest BCUT2D eigenvalue weighted by Crippen LogP contribution is 2.23. The van der Waals surface area contributed by atoms with E-state index >= 15 is 0 Å². The Labute approximate surface area is 131 Å². The molecular formula is C17H25NO4. The summed E-state index contributed by atoms with van der Waals surface area (Å²) < 4.78 is 10.9. The smallest absolute Gasteiger partial charge is 0.258 e. The van der Waals surface area contributed by atoms with Gasteiger partial charge in [0.05, 0.1) is 12.1 Å². The summed E-state index contributed by atoms with van der Waals surface area (Å²) in [5.74, 6) is 0.528. The molecule has 1 aromatic carbocycles. The molecule has 2 N–H and O–H groups in total. The molecule has 0 bridgehead atoms. The van der Waals surface area contributed by atoms with Crippen molar-refractivity contribution in [1.82, 2.24) is 5.32 Å². The van der Waals surface area contributed by atoms with Crippen LogP contribution < -0.4 is 10.1 Å². The average Bonchev–Trinajstić information content (AvgIpc) is 2.49. The lowest BCUT2D eigenvalue weighted by Gasteiger charge is -2.34. The van der Waals surface area contributed by atoms with Crippen LogP contribution in [0.1, 0.15) is 30.4 Å². The van der Waals surface area contributed by atoms with Crippen LogP contribution in [0.4, 0.5) is 0 Å². The van der Waals surface area contributed by atoms with Crippen LogP contribution in [0.2, 0.25) is 0 Å². The number of amides is 1. The Kier molecular flexibility index (Phi) is 5.80. The Morgan fingerprint density at radius 3 is 2.64 bits per heavy atom. The monoisotopic (exact) mass is 307 g/mol. The predicted molar refractivity (Wildman–Crippen MR) is 84.0 cm³/mol. The van der Waals surface area contributed by atoms with Gasteiger partial charge in [0, 0.05) is 7.11 Å². The molecule has 1 saturated carbocycles. The van der Waals surface area contributed by atoms with Crippen molar-refractivity contribution >= 4 is 5.91 Å². The third kappa shape index (κ3) is 3.99. The Morgan fingerprint density at radius 1 is 1.32 bits per heavy atom. The molecule has 0 aliphatic heterocycles. The average molecular weight is 307 g/mol. The van der Waals surface area contributed by atoms with Gasteiger partial charge in [-0.25, -0.2) is 0 Å². The van der Waals surface area contributed by atoms with E-state index in [2.05, 4.69) is 5.32 Å². The van der Waals surface area contributed by atoms with Crippen molar-refractivity contribution in [2.24, 2.45) is 0 Å². The van der Waals surface area contributed by atoms with E-state index in [1.165, 1.54) is 0 Å².